The monoisotopic (exact) mass is 182 g/mol. The van der Waals surface area contributed by atoms with E-state index in [1.54, 1.807) is 0 Å². The summed E-state index contributed by atoms with van der Waals surface area (Å²) in [5.74, 6) is 0.509. The van der Waals surface area contributed by atoms with Gasteiger partial charge in [0.25, 0.3) is 0 Å². The summed E-state index contributed by atoms with van der Waals surface area (Å²) in [5.41, 5.74) is 1.24. The number of hydrogen-bond donors (Lipinski definition) is 0. The Balaban J connectivity index is 2.06. The first-order valence-corrected chi connectivity index (χ1v) is 4.85. The average molecular weight is 182 g/mol. The van der Waals surface area contributed by atoms with Gasteiger partial charge in [0.15, 0.2) is 0 Å². The number of rotatable bonds is 2. The van der Waals surface area contributed by atoms with Crippen LogP contribution in [0.5, 0.6) is 0 Å². The molecule has 0 saturated heterocycles. The molecule has 0 N–H and O–H groups in total. The van der Waals surface area contributed by atoms with E-state index in [0.29, 0.717) is 24.8 Å². The molecule has 0 amide bonds. The van der Waals surface area contributed by atoms with Crippen molar-refractivity contribution in [2.75, 3.05) is 0 Å². The summed E-state index contributed by atoms with van der Waals surface area (Å²) in [6, 6.07) is 0.308. The van der Waals surface area contributed by atoms with Crippen LogP contribution in [-0.2, 0) is 0 Å². The predicted molar refractivity (Wildman–Crippen MR) is 49.5 cm³/mol. The van der Waals surface area contributed by atoms with Gasteiger partial charge in [-0.05, 0) is 11.5 Å². The fourth-order valence-electron chi connectivity index (χ4n) is 1.59. The number of halogens is 1. The van der Waals surface area contributed by atoms with Gasteiger partial charge >= 0.3 is 0 Å². The molecule has 2 nitrogen and oxygen atoms in total. The number of alkyl halides is 1. The summed E-state index contributed by atoms with van der Waals surface area (Å²) in [5, 5.41) is 4.24. The van der Waals surface area contributed by atoms with Gasteiger partial charge < -0.3 is 0 Å². The van der Waals surface area contributed by atoms with Gasteiger partial charge in [-0.3, -0.25) is 4.68 Å². The first kappa shape index (κ1) is 8.73. The zero-order valence-electron chi connectivity index (χ0n) is 8.07. The van der Waals surface area contributed by atoms with Crippen molar-refractivity contribution in [1.29, 1.82) is 0 Å². The number of aromatic nitrogens is 2. The SMILES string of the molecule is CC(C)c1cnn(C2CC(F)C2)c1. The second-order valence-corrected chi connectivity index (χ2v) is 4.13. The van der Waals surface area contributed by atoms with Gasteiger partial charge in [0, 0.05) is 19.0 Å². The van der Waals surface area contributed by atoms with Crippen LogP contribution in [0.1, 0.15) is 44.2 Å². The Hall–Kier alpha value is -0.860. The molecule has 1 aliphatic carbocycles. The second-order valence-electron chi connectivity index (χ2n) is 4.13. The molecule has 1 fully saturated rings. The highest BCUT2D eigenvalue weighted by atomic mass is 19.1. The van der Waals surface area contributed by atoms with Crippen LogP contribution in [0.4, 0.5) is 4.39 Å². The molecule has 0 aromatic carbocycles. The van der Waals surface area contributed by atoms with Crippen LogP contribution >= 0.6 is 0 Å². The lowest BCUT2D eigenvalue weighted by atomic mass is 9.91. The van der Waals surface area contributed by atoms with Crippen LogP contribution in [-0.4, -0.2) is 16.0 Å². The van der Waals surface area contributed by atoms with Crippen LogP contribution < -0.4 is 0 Å². The van der Waals surface area contributed by atoms with E-state index in [1.807, 2.05) is 17.1 Å². The highest BCUT2D eigenvalue weighted by molar-refractivity contribution is 5.09. The molecule has 72 valence electrons. The molecule has 2 rings (SSSR count). The summed E-state index contributed by atoms with van der Waals surface area (Å²) in [4.78, 5) is 0. The Kier molecular flexibility index (Phi) is 2.10. The first-order valence-electron chi connectivity index (χ1n) is 4.85. The Labute approximate surface area is 77.8 Å². The van der Waals surface area contributed by atoms with Crippen LogP contribution in [0.3, 0.4) is 0 Å². The molecule has 1 aromatic rings. The third-order valence-electron chi connectivity index (χ3n) is 2.72. The normalized spacial score (nSPS) is 27.7. The largest absolute Gasteiger partial charge is 0.269 e. The van der Waals surface area contributed by atoms with Crippen molar-refractivity contribution in [3.8, 4) is 0 Å². The minimum absolute atomic E-state index is 0.308. The minimum atomic E-state index is -0.600. The molecule has 1 aromatic heterocycles. The van der Waals surface area contributed by atoms with E-state index >= 15 is 0 Å². The third-order valence-corrected chi connectivity index (χ3v) is 2.72. The number of nitrogens with zero attached hydrogens (tertiary/aromatic N) is 2. The van der Waals surface area contributed by atoms with E-state index in [-0.39, 0.29) is 0 Å². The molecule has 0 spiro atoms. The molecule has 0 bridgehead atoms. The van der Waals surface area contributed by atoms with E-state index in [0.717, 1.165) is 0 Å². The second kappa shape index (κ2) is 3.13. The van der Waals surface area contributed by atoms with Gasteiger partial charge in [-0.1, -0.05) is 13.8 Å². The first-order chi connectivity index (χ1) is 6.16. The topological polar surface area (TPSA) is 17.8 Å². The van der Waals surface area contributed by atoms with Gasteiger partial charge in [-0.25, -0.2) is 4.39 Å². The van der Waals surface area contributed by atoms with Crippen molar-refractivity contribution >= 4 is 0 Å². The molecule has 1 aliphatic rings. The van der Waals surface area contributed by atoms with Gasteiger partial charge in [0.1, 0.15) is 6.17 Å². The zero-order chi connectivity index (χ0) is 9.42. The maximum Gasteiger partial charge on any atom is 0.104 e. The quantitative estimate of drug-likeness (QED) is 0.687. The summed E-state index contributed by atoms with van der Waals surface area (Å²) >= 11 is 0. The van der Waals surface area contributed by atoms with Crippen molar-refractivity contribution in [3.63, 3.8) is 0 Å². The molecular weight excluding hydrogens is 167 g/mol. The Morgan fingerprint density at radius 3 is 2.69 bits per heavy atom. The lowest BCUT2D eigenvalue weighted by molar-refractivity contribution is 0.128. The highest BCUT2D eigenvalue weighted by Crippen LogP contribution is 2.34. The van der Waals surface area contributed by atoms with Crippen molar-refractivity contribution < 1.29 is 4.39 Å². The molecule has 3 heteroatoms. The van der Waals surface area contributed by atoms with E-state index < -0.39 is 6.17 Å². The summed E-state index contributed by atoms with van der Waals surface area (Å²) < 4.78 is 14.5. The van der Waals surface area contributed by atoms with Crippen LogP contribution in [0.25, 0.3) is 0 Å². The number of hydrogen-bond acceptors (Lipinski definition) is 1. The average Bonchev–Trinajstić information content (AvgIpc) is 2.46. The van der Waals surface area contributed by atoms with Crippen molar-refractivity contribution in [1.82, 2.24) is 9.78 Å². The molecule has 0 atom stereocenters. The van der Waals surface area contributed by atoms with Crippen LogP contribution in [0, 0.1) is 0 Å². The lowest BCUT2D eigenvalue weighted by Gasteiger charge is -2.29. The van der Waals surface area contributed by atoms with Gasteiger partial charge in [0.05, 0.1) is 12.2 Å². The van der Waals surface area contributed by atoms with Crippen molar-refractivity contribution in [3.05, 3.63) is 18.0 Å². The predicted octanol–water partition coefficient (Wildman–Crippen LogP) is 2.68. The van der Waals surface area contributed by atoms with Gasteiger partial charge in [-0.15, -0.1) is 0 Å². The molecule has 0 radical (unpaired) electrons. The Morgan fingerprint density at radius 2 is 2.23 bits per heavy atom. The fraction of sp³-hybridized carbons (Fsp3) is 0.700. The molecule has 0 aliphatic heterocycles. The zero-order valence-corrected chi connectivity index (χ0v) is 8.07. The smallest absolute Gasteiger partial charge is 0.104 e. The van der Waals surface area contributed by atoms with Crippen LogP contribution in [0.2, 0.25) is 0 Å². The summed E-state index contributed by atoms with van der Waals surface area (Å²) in [6.07, 6.45) is 4.60. The molecular formula is C10H15FN2. The van der Waals surface area contributed by atoms with E-state index in [9.17, 15) is 4.39 Å². The Morgan fingerprint density at radius 1 is 1.54 bits per heavy atom. The summed E-state index contributed by atoms with van der Waals surface area (Å²) in [6.45, 7) is 4.28. The van der Waals surface area contributed by atoms with Gasteiger partial charge in [-0.2, -0.15) is 5.10 Å². The summed E-state index contributed by atoms with van der Waals surface area (Å²) in [7, 11) is 0. The lowest BCUT2D eigenvalue weighted by Crippen LogP contribution is -2.28. The maximum atomic E-state index is 12.6. The van der Waals surface area contributed by atoms with E-state index in [2.05, 4.69) is 18.9 Å². The van der Waals surface area contributed by atoms with Crippen LogP contribution in [0.15, 0.2) is 12.4 Å². The minimum Gasteiger partial charge on any atom is -0.269 e. The Bertz CT molecular complexity index is 287. The molecule has 1 saturated carbocycles. The standard InChI is InChI=1S/C10H15FN2/c1-7(2)8-5-12-13(6-8)10-3-9(11)4-10/h5-7,9-10H,3-4H2,1-2H3. The van der Waals surface area contributed by atoms with E-state index in [4.69, 9.17) is 0 Å². The highest BCUT2D eigenvalue weighted by Gasteiger charge is 2.30. The fourth-order valence-corrected chi connectivity index (χ4v) is 1.59. The van der Waals surface area contributed by atoms with Crippen molar-refractivity contribution in [2.45, 2.75) is 44.8 Å². The third kappa shape index (κ3) is 1.60. The maximum absolute atomic E-state index is 12.6. The van der Waals surface area contributed by atoms with Crippen molar-refractivity contribution in [2.24, 2.45) is 0 Å². The molecule has 0 unspecified atom stereocenters. The molecule has 1 heterocycles. The molecule has 13 heavy (non-hydrogen) atoms. The van der Waals surface area contributed by atoms with E-state index in [1.165, 1.54) is 5.56 Å². The van der Waals surface area contributed by atoms with Gasteiger partial charge in [0.2, 0.25) is 0 Å².